The van der Waals surface area contributed by atoms with Crippen molar-refractivity contribution in [3.8, 4) is 0 Å². The zero-order valence-electron chi connectivity index (χ0n) is 9.87. The number of hydrogen-bond acceptors (Lipinski definition) is 7. The molecule has 100 valence electrons. The maximum absolute atomic E-state index is 12.2. The molecule has 0 atom stereocenters. The second-order valence-corrected chi connectivity index (χ2v) is 6.94. The average molecular weight is 290 g/mol. The highest BCUT2D eigenvalue weighted by molar-refractivity contribution is 7.91. The van der Waals surface area contributed by atoms with Gasteiger partial charge in [0.2, 0.25) is 9.47 Å². The quantitative estimate of drug-likeness (QED) is 0.789. The third-order valence-corrected chi connectivity index (χ3v) is 5.54. The lowest BCUT2D eigenvalue weighted by atomic mass is 10.1. The zero-order valence-corrected chi connectivity index (χ0v) is 11.5. The third kappa shape index (κ3) is 2.69. The Kier molecular flexibility index (Phi) is 3.95. The van der Waals surface area contributed by atoms with Crippen LogP contribution in [0.1, 0.15) is 6.42 Å². The van der Waals surface area contributed by atoms with E-state index in [-0.39, 0.29) is 9.47 Å². The molecule has 1 aliphatic heterocycles. The number of nitrogen functional groups attached to an aromatic ring is 1. The van der Waals surface area contributed by atoms with E-state index >= 15 is 0 Å². The van der Waals surface area contributed by atoms with E-state index < -0.39 is 10.0 Å². The highest BCUT2D eigenvalue weighted by Gasteiger charge is 2.29. The van der Waals surface area contributed by atoms with Crippen LogP contribution in [-0.2, 0) is 14.8 Å². The predicted molar refractivity (Wildman–Crippen MR) is 67.7 cm³/mol. The van der Waals surface area contributed by atoms with E-state index in [0.29, 0.717) is 26.1 Å². The van der Waals surface area contributed by atoms with Gasteiger partial charge in [0.1, 0.15) is 0 Å². The van der Waals surface area contributed by atoms with E-state index in [4.69, 9.17) is 10.5 Å². The molecule has 2 rings (SSSR count). The molecule has 0 unspecified atom stereocenters. The van der Waals surface area contributed by atoms with E-state index in [9.17, 15) is 8.42 Å². The summed E-state index contributed by atoms with van der Waals surface area (Å²) in [5, 5.41) is 7.27. The molecule has 0 radical (unpaired) electrons. The van der Waals surface area contributed by atoms with Crippen molar-refractivity contribution < 1.29 is 13.2 Å². The first-order valence-corrected chi connectivity index (χ1v) is 7.55. The van der Waals surface area contributed by atoms with E-state index in [0.717, 1.165) is 16.9 Å². The molecule has 0 spiro atoms. The van der Waals surface area contributed by atoms with Crippen LogP contribution in [0, 0.1) is 0 Å². The van der Waals surface area contributed by atoms with Gasteiger partial charge in [-0.05, 0) is 12.0 Å². The summed E-state index contributed by atoms with van der Waals surface area (Å²) in [5.74, 6) is 0. The van der Waals surface area contributed by atoms with Crippen molar-refractivity contribution in [1.29, 1.82) is 0 Å². The molecule has 1 aromatic rings. The van der Waals surface area contributed by atoms with Gasteiger partial charge in [-0.3, -0.25) is 0 Å². The molecule has 18 heavy (non-hydrogen) atoms. The zero-order chi connectivity index (χ0) is 13.2. The minimum atomic E-state index is -3.57. The topological polar surface area (TPSA) is 98.4 Å². The van der Waals surface area contributed by atoms with Gasteiger partial charge in [-0.1, -0.05) is 17.4 Å². The Morgan fingerprint density at radius 1 is 1.56 bits per heavy atom. The molecule has 2 N–H and O–H groups in total. The second kappa shape index (κ2) is 5.31. The van der Waals surface area contributed by atoms with E-state index in [1.165, 1.54) is 4.31 Å². The third-order valence-electron chi connectivity index (χ3n) is 2.58. The number of nitrogens with zero attached hydrogens (tertiary/aromatic N) is 3. The maximum atomic E-state index is 12.2. The number of hydrogen-bond donors (Lipinski definition) is 1. The Balaban J connectivity index is 2.14. The number of anilines is 1. The van der Waals surface area contributed by atoms with Crippen LogP contribution in [0.2, 0.25) is 0 Å². The van der Waals surface area contributed by atoms with Crippen molar-refractivity contribution in [1.82, 2.24) is 14.5 Å². The first-order valence-electron chi connectivity index (χ1n) is 5.30. The number of rotatable bonds is 4. The minimum absolute atomic E-state index is 0.0522. The Morgan fingerprint density at radius 2 is 2.33 bits per heavy atom. The van der Waals surface area contributed by atoms with Crippen molar-refractivity contribution in [2.24, 2.45) is 0 Å². The van der Waals surface area contributed by atoms with E-state index in [2.05, 4.69) is 10.2 Å². The Bertz CT molecular complexity index is 552. The fourth-order valence-electron chi connectivity index (χ4n) is 1.66. The van der Waals surface area contributed by atoms with Crippen molar-refractivity contribution in [3.05, 3.63) is 11.6 Å². The molecule has 0 aliphatic carbocycles. The van der Waals surface area contributed by atoms with Crippen molar-refractivity contribution in [3.63, 3.8) is 0 Å². The fraction of sp³-hybridized carbons (Fsp3) is 0.556. The van der Waals surface area contributed by atoms with Crippen molar-refractivity contribution in [2.75, 3.05) is 32.5 Å². The lowest BCUT2D eigenvalue weighted by molar-refractivity contribution is 0.219. The van der Waals surface area contributed by atoms with Gasteiger partial charge < -0.3 is 10.5 Å². The summed E-state index contributed by atoms with van der Waals surface area (Å²) in [6.07, 6.45) is 2.54. The summed E-state index contributed by atoms with van der Waals surface area (Å²) in [4.78, 5) is 0. The molecule has 7 nitrogen and oxygen atoms in total. The van der Waals surface area contributed by atoms with Crippen LogP contribution >= 0.6 is 11.3 Å². The molecule has 0 aromatic carbocycles. The molecule has 9 heteroatoms. The minimum Gasteiger partial charge on any atom is -0.380 e. The molecule has 0 saturated heterocycles. The predicted octanol–water partition coefficient (Wildman–Crippen LogP) is 0.0875. The number of aromatic nitrogens is 2. The van der Waals surface area contributed by atoms with Gasteiger partial charge >= 0.3 is 0 Å². The van der Waals surface area contributed by atoms with Gasteiger partial charge in [-0.15, -0.1) is 10.2 Å². The molecule has 0 fully saturated rings. The molecular weight excluding hydrogens is 276 g/mol. The summed E-state index contributed by atoms with van der Waals surface area (Å²) >= 11 is 0.880. The summed E-state index contributed by atoms with van der Waals surface area (Å²) in [6, 6.07) is 0. The molecule has 0 amide bonds. The fourth-order valence-corrected chi connectivity index (χ4v) is 3.97. The van der Waals surface area contributed by atoms with Crippen LogP contribution in [0.15, 0.2) is 16.0 Å². The Morgan fingerprint density at radius 3 is 2.83 bits per heavy atom. The average Bonchev–Trinajstić information content (AvgIpc) is 2.78. The second-order valence-electron chi connectivity index (χ2n) is 3.81. The first-order chi connectivity index (χ1) is 8.54. The van der Waals surface area contributed by atoms with Crippen molar-refractivity contribution in [2.45, 2.75) is 10.8 Å². The van der Waals surface area contributed by atoms with Gasteiger partial charge in [0.05, 0.1) is 6.61 Å². The van der Waals surface area contributed by atoms with Crippen LogP contribution in [0.25, 0.3) is 0 Å². The van der Waals surface area contributed by atoms with Crippen LogP contribution in [0.4, 0.5) is 5.13 Å². The van der Waals surface area contributed by atoms with Crippen molar-refractivity contribution >= 4 is 26.5 Å². The summed E-state index contributed by atoms with van der Waals surface area (Å²) in [7, 11) is -1.95. The SMILES string of the molecule is COCC1=CCN(S(=O)(=O)c2nnc(N)s2)CC1. The normalized spacial score (nSPS) is 17.7. The van der Waals surface area contributed by atoms with Gasteiger partial charge in [0.25, 0.3) is 10.0 Å². The van der Waals surface area contributed by atoms with E-state index in [1.807, 2.05) is 6.08 Å². The molecule has 1 aliphatic rings. The number of nitrogens with two attached hydrogens (primary N) is 1. The lowest BCUT2D eigenvalue weighted by Gasteiger charge is -2.24. The Labute approximate surface area is 109 Å². The largest absolute Gasteiger partial charge is 0.380 e. The summed E-state index contributed by atoms with van der Waals surface area (Å²) in [6.45, 7) is 1.30. The molecular formula is C9H14N4O3S2. The standard InChI is InChI=1S/C9H14N4O3S2/c1-16-6-7-2-4-13(5-3-7)18(14,15)9-12-11-8(10)17-9/h2H,3-6H2,1H3,(H2,10,11). The van der Waals surface area contributed by atoms with Gasteiger partial charge in [0, 0.05) is 20.2 Å². The van der Waals surface area contributed by atoms with Crippen LogP contribution < -0.4 is 5.73 Å². The van der Waals surface area contributed by atoms with Crippen LogP contribution in [-0.4, -0.2) is 49.7 Å². The van der Waals surface area contributed by atoms with Gasteiger partial charge in [0.15, 0.2) is 0 Å². The Hall–Kier alpha value is -1.03. The molecule has 2 heterocycles. The molecule has 0 bridgehead atoms. The van der Waals surface area contributed by atoms with Gasteiger partial charge in [-0.25, -0.2) is 8.42 Å². The lowest BCUT2D eigenvalue weighted by Crippen LogP contribution is -2.35. The molecule has 0 saturated carbocycles. The maximum Gasteiger partial charge on any atom is 0.272 e. The number of sulfonamides is 1. The number of ether oxygens (including phenoxy) is 1. The highest BCUT2D eigenvalue weighted by Crippen LogP contribution is 2.23. The van der Waals surface area contributed by atoms with Crippen LogP contribution in [0.3, 0.4) is 0 Å². The van der Waals surface area contributed by atoms with Crippen LogP contribution in [0.5, 0.6) is 0 Å². The summed E-state index contributed by atoms with van der Waals surface area (Å²) in [5.41, 5.74) is 6.51. The van der Waals surface area contributed by atoms with E-state index in [1.54, 1.807) is 7.11 Å². The summed E-state index contributed by atoms with van der Waals surface area (Å²) < 4.78 is 30.7. The smallest absolute Gasteiger partial charge is 0.272 e. The highest BCUT2D eigenvalue weighted by atomic mass is 32.2. The molecule has 1 aromatic heterocycles. The monoisotopic (exact) mass is 290 g/mol. The first kappa shape index (κ1) is 13.4. The number of methoxy groups -OCH3 is 1. The van der Waals surface area contributed by atoms with Gasteiger partial charge in [-0.2, -0.15) is 4.31 Å².